The molecule has 0 aliphatic carbocycles. The van der Waals surface area contributed by atoms with Gasteiger partial charge in [-0.3, -0.25) is 19.3 Å². The molecular weight excluding hydrogens is 505 g/mol. The van der Waals surface area contributed by atoms with E-state index in [1.807, 2.05) is 74.5 Å². The van der Waals surface area contributed by atoms with Crippen LogP contribution in [-0.2, 0) is 22.6 Å². The number of hydrogen-bond donors (Lipinski definition) is 1. The van der Waals surface area contributed by atoms with E-state index in [1.54, 1.807) is 24.3 Å². The van der Waals surface area contributed by atoms with Crippen LogP contribution in [0, 0.1) is 11.7 Å². The fraction of sp³-hybridized carbons (Fsp3) is 0.242. The average molecular weight is 538 g/mol. The highest BCUT2D eigenvalue weighted by Gasteiger charge is 2.36. The van der Waals surface area contributed by atoms with Gasteiger partial charge in [0.05, 0.1) is 5.69 Å². The van der Waals surface area contributed by atoms with Gasteiger partial charge in [-0.1, -0.05) is 86.6 Å². The van der Waals surface area contributed by atoms with Crippen LogP contribution in [0.4, 0.5) is 10.1 Å². The number of amides is 3. The number of carbonyl (C=O) groups excluding carboxylic acids is 3. The van der Waals surface area contributed by atoms with Crippen molar-refractivity contribution in [1.29, 1.82) is 0 Å². The first kappa shape index (κ1) is 27.1. The lowest BCUT2D eigenvalue weighted by molar-refractivity contribution is -0.140. The van der Waals surface area contributed by atoms with Gasteiger partial charge in [0.15, 0.2) is 0 Å². The second-order valence-electron chi connectivity index (χ2n) is 10.5. The summed E-state index contributed by atoms with van der Waals surface area (Å²) in [5, 5.41) is 4.68. The average Bonchev–Trinajstić information content (AvgIpc) is 3.23. The van der Waals surface area contributed by atoms with Crippen LogP contribution in [-0.4, -0.2) is 41.8 Å². The highest BCUT2D eigenvalue weighted by Crippen LogP contribution is 2.37. The number of nitrogens with zero attached hydrogens (tertiary/aromatic N) is 2. The van der Waals surface area contributed by atoms with Crippen LogP contribution in [0.5, 0.6) is 0 Å². The largest absolute Gasteiger partial charge is 0.354 e. The van der Waals surface area contributed by atoms with Crippen molar-refractivity contribution < 1.29 is 18.8 Å². The predicted molar refractivity (Wildman–Crippen MR) is 154 cm³/mol. The molecule has 6 nitrogen and oxygen atoms in total. The lowest BCUT2D eigenvalue weighted by atomic mass is 10.0. The monoisotopic (exact) mass is 537 g/mol. The highest BCUT2D eigenvalue weighted by atomic mass is 19.1. The van der Waals surface area contributed by atoms with Crippen LogP contribution < -0.4 is 10.2 Å². The Morgan fingerprint density at radius 2 is 1.60 bits per heavy atom. The minimum Gasteiger partial charge on any atom is -0.354 e. The molecule has 1 heterocycles. The van der Waals surface area contributed by atoms with Crippen molar-refractivity contribution in [2.24, 2.45) is 5.92 Å². The van der Waals surface area contributed by atoms with Gasteiger partial charge in [-0.2, -0.15) is 0 Å². The number of benzene rings is 4. The summed E-state index contributed by atoms with van der Waals surface area (Å²) in [6.07, 6.45) is 0.245. The van der Waals surface area contributed by atoms with E-state index >= 15 is 0 Å². The smallest absolute Gasteiger partial charge is 0.259 e. The molecule has 1 aliphatic heterocycles. The lowest BCUT2D eigenvalue weighted by Crippen LogP contribution is -2.53. The second kappa shape index (κ2) is 11.7. The second-order valence-corrected chi connectivity index (χ2v) is 10.5. The summed E-state index contributed by atoms with van der Waals surface area (Å²) in [5.74, 6) is -1.29. The number of anilines is 1. The van der Waals surface area contributed by atoms with E-state index in [1.165, 1.54) is 15.9 Å². The Morgan fingerprint density at radius 3 is 2.33 bits per heavy atom. The third kappa shape index (κ3) is 5.59. The Labute approximate surface area is 233 Å². The van der Waals surface area contributed by atoms with Crippen LogP contribution in [0.15, 0.2) is 91.0 Å². The Kier molecular flexibility index (Phi) is 7.91. The molecule has 0 bridgehead atoms. The fourth-order valence-corrected chi connectivity index (χ4v) is 5.15. The summed E-state index contributed by atoms with van der Waals surface area (Å²) in [6, 6.07) is 25.9. The number of hydrogen-bond acceptors (Lipinski definition) is 3. The van der Waals surface area contributed by atoms with E-state index in [0.29, 0.717) is 23.4 Å². The Bertz CT molecular complexity index is 1550. The van der Waals surface area contributed by atoms with Crippen molar-refractivity contribution in [2.45, 2.75) is 32.9 Å². The van der Waals surface area contributed by atoms with Gasteiger partial charge in [0.2, 0.25) is 11.8 Å². The molecule has 40 heavy (non-hydrogen) atoms. The summed E-state index contributed by atoms with van der Waals surface area (Å²) >= 11 is 0. The Morgan fingerprint density at radius 1 is 0.900 bits per heavy atom. The zero-order valence-corrected chi connectivity index (χ0v) is 22.6. The minimum atomic E-state index is -0.913. The van der Waals surface area contributed by atoms with Crippen molar-refractivity contribution >= 4 is 34.2 Å². The van der Waals surface area contributed by atoms with Gasteiger partial charge in [-0.05, 0) is 35.1 Å². The van der Waals surface area contributed by atoms with Gasteiger partial charge in [0, 0.05) is 36.0 Å². The fourth-order valence-electron chi connectivity index (χ4n) is 5.15. The van der Waals surface area contributed by atoms with Crippen molar-refractivity contribution in [3.63, 3.8) is 0 Å². The summed E-state index contributed by atoms with van der Waals surface area (Å²) < 4.78 is 14.9. The summed E-state index contributed by atoms with van der Waals surface area (Å²) in [6.45, 7) is 4.03. The van der Waals surface area contributed by atoms with Crippen molar-refractivity contribution in [2.75, 3.05) is 18.0 Å². The molecule has 204 valence electrons. The molecule has 1 N–H and O–H groups in total. The molecule has 0 saturated heterocycles. The van der Waals surface area contributed by atoms with Gasteiger partial charge in [-0.25, -0.2) is 4.39 Å². The van der Waals surface area contributed by atoms with E-state index < -0.39 is 17.8 Å². The standard InChI is InChI=1S/C33H32FN3O3/c1-22(2)19-35-32(39)29(18-23-10-4-3-5-11-23)36(20-25-12-6-7-16-27(25)34)30(38)21-37-28-17-9-14-24-13-8-15-26(31(24)28)33(37)40/h3-17,22,29H,18-21H2,1-2H3,(H,35,39)/t29-/m0/s1. The molecule has 4 aromatic carbocycles. The first-order valence-corrected chi connectivity index (χ1v) is 13.5. The maximum Gasteiger partial charge on any atom is 0.259 e. The van der Waals surface area contributed by atoms with Crippen LogP contribution in [0.1, 0.15) is 35.3 Å². The van der Waals surface area contributed by atoms with Gasteiger partial charge in [0.25, 0.3) is 5.91 Å². The molecule has 0 saturated carbocycles. The Balaban J connectivity index is 1.51. The summed E-state index contributed by atoms with van der Waals surface area (Å²) in [4.78, 5) is 44.1. The van der Waals surface area contributed by atoms with Gasteiger partial charge in [0.1, 0.15) is 18.4 Å². The zero-order chi connectivity index (χ0) is 28.2. The van der Waals surface area contributed by atoms with Gasteiger partial charge < -0.3 is 10.2 Å². The highest BCUT2D eigenvalue weighted by molar-refractivity contribution is 6.26. The molecule has 0 fully saturated rings. The third-order valence-corrected chi connectivity index (χ3v) is 7.20. The molecule has 0 unspecified atom stereocenters. The van der Waals surface area contributed by atoms with Crippen LogP contribution in [0.3, 0.4) is 0 Å². The number of rotatable bonds is 10. The predicted octanol–water partition coefficient (Wildman–Crippen LogP) is 5.35. The molecule has 1 aliphatic rings. The van der Waals surface area contributed by atoms with Crippen molar-refractivity contribution in [1.82, 2.24) is 10.2 Å². The number of nitrogens with one attached hydrogen (secondary N) is 1. The number of halogens is 1. The quantitative estimate of drug-likeness (QED) is 0.297. The first-order chi connectivity index (χ1) is 19.3. The summed E-state index contributed by atoms with van der Waals surface area (Å²) in [7, 11) is 0. The maximum atomic E-state index is 14.9. The molecule has 1 atom stereocenters. The molecule has 4 aromatic rings. The van der Waals surface area contributed by atoms with E-state index in [9.17, 15) is 18.8 Å². The molecule has 7 heteroatoms. The molecule has 0 spiro atoms. The van der Waals surface area contributed by atoms with Gasteiger partial charge in [-0.15, -0.1) is 0 Å². The van der Waals surface area contributed by atoms with Crippen LogP contribution >= 0.6 is 0 Å². The molecular formula is C33H32FN3O3. The normalized spacial score (nSPS) is 13.1. The first-order valence-electron chi connectivity index (χ1n) is 13.5. The molecule has 5 rings (SSSR count). The van der Waals surface area contributed by atoms with E-state index in [-0.39, 0.29) is 37.2 Å². The van der Waals surface area contributed by atoms with Crippen molar-refractivity contribution in [3.05, 3.63) is 114 Å². The van der Waals surface area contributed by atoms with Gasteiger partial charge >= 0.3 is 0 Å². The van der Waals surface area contributed by atoms with E-state index in [4.69, 9.17) is 0 Å². The van der Waals surface area contributed by atoms with Crippen molar-refractivity contribution in [3.8, 4) is 0 Å². The minimum absolute atomic E-state index is 0.114. The third-order valence-electron chi connectivity index (χ3n) is 7.20. The molecule has 0 radical (unpaired) electrons. The summed E-state index contributed by atoms with van der Waals surface area (Å²) in [5.41, 5.74) is 2.36. The van der Waals surface area contributed by atoms with Crippen LogP contribution in [0.2, 0.25) is 0 Å². The topological polar surface area (TPSA) is 69.7 Å². The maximum absolute atomic E-state index is 14.9. The lowest BCUT2D eigenvalue weighted by Gasteiger charge is -2.33. The Hall–Kier alpha value is -4.52. The van der Waals surface area contributed by atoms with E-state index in [0.717, 1.165) is 16.3 Å². The molecule has 0 aromatic heterocycles. The molecule has 3 amide bonds. The van der Waals surface area contributed by atoms with Crippen LogP contribution in [0.25, 0.3) is 10.8 Å². The number of carbonyl (C=O) groups is 3. The van der Waals surface area contributed by atoms with E-state index in [2.05, 4.69) is 5.32 Å². The zero-order valence-electron chi connectivity index (χ0n) is 22.6. The SMILES string of the molecule is CC(C)CNC(=O)[C@H](Cc1ccccc1)N(Cc1ccccc1F)C(=O)CN1C(=O)c2cccc3cccc1c23.